The molecular weight excluding hydrogens is 370 g/mol. The van der Waals surface area contributed by atoms with Gasteiger partial charge in [0.15, 0.2) is 5.69 Å². The number of aromatic nitrogens is 4. The minimum atomic E-state index is -0.109. The van der Waals surface area contributed by atoms with Gasteiger partial charge in [-0.3, -0.25) is 9.48 Å². The Morgan fingerprint density at radius 1 is 1.21 bits per heavy atom. The van der Waals surface area contributed by atoms with Gasteiger partial charge < -0.3 is 14.1 Å². The standard InChI is InChI=1S/C21H29N5O3/c1-21(13-28-14-21)12-25-10-16(23-24-25)20(27)26-9-5-8-18(26)19-22-17(11-29-19)15-6-3-2-4-7-15/h10-11,15,18H,2-9,12-14H2,1H3. The lowest BCUT2D eigenvalue weighted by atomic mass is 9.87. The summed E-state index contributed by atoms with van der Waals surface area (Å²) in [5, 5.41) is 8.30. The number of carbonyl (C=O) groups excluding carboxylic acids is 1. The van der Waals surface area contributed by atoms with Crippen molar-refractivity contribution in [3.8, 4) is 0 Å². The van der Waals surface area contributed by atoms with Gasteiger partial charge in [-0.2, -0.15) is 0 Å². The second kappa shape index (κ2) is 7.55. The number of hydrogen-bond donors (Lipinski definition) is 0. The molecule has 1 atom stereocenters. The van der Waals surface area contributed by atoms with Gasteiger partial charge in [-0.1, -0.05) is 31.4 Å². The van der Waals surface area contributed by atoms with Crippen LogP contribution in [0.5, 0.6) is 0 Å². The van der Waals surface area contributed by atoms with Gasteiger partial charge in [-0.15, -0.1) is 5.10 Å². The molecule has 8 nitrogen and oxygen atoms in total. The van der Waals surface area contributed by atoms with Crippen molar-refractivity contribution in [3.63, 3.8) is 0 Å². The molecule has 29 heavy (non-hydrogen) atoms. The zero-order valence-corrected chi connectivity index (χ0v) is 17.0. The topological polar surface area (TPSA) is 86.3 Å². The van der Waals surface area contributed by atoms with Gasteiger partial charge >= 0.3 is 0 Å². The summed E-state index contributed by atoms with van der Waals surface area (Å²) in [7, 11) is 0. The smallest absolute Gasteiger partial charge is 0.276 e. The van der Waals surface area contributed by atoms with E-state index >= 15 is 0 Å². The third kappa shape index (κ3) is 3.70. The van der Waals surface area contributed by atoms with Crippen molar-refractivity contribution in [2.24, 2.45) is 5.41 Å². The molecule has 2 aromatic rings. The van der Waals surface area contributed by atoms with Crippen LogP contribution in [0.3, 0.4) is 0 Å². The molecule has 0 bridgehead atoms. The molecule has 2 aromatic heterocycles. The average Bonchev–Trinajstić information content (AvgIpc) is 3.46. The molecule has 2 aliphatic heterocycles. The number of nitrogens with zero attached hydrogens (tertiary/aromatic N) is 5. The summed E-state index contributed by atoms with van der Waals surface area (Å²) < 4.78 is 12.9. The molecule has 156 valence electrons. The molecule has 4 heterocycles. The molecule has 8 heteroatoms. The van der Waals surface area contributed by atoms with Crippen molar-refractivity contribution in [3.05, 3.63) is 29.7 Å². The van der Waals surface area contributed by atoms with Gasteiger partial charge in [-0.05, 0) is 25.7 Å². The Bertz CT molecular complexity index is 865. The van der Waals surface area contributed by atoms with Crippen LogP contribution < -0.4 is 0 Å². The summed E-state index contributed by atoms with van der Waals surface area (Å²) in [6.45, 7) is 5.00. The maximum Gasteiger partial charge on any atom is 0.276 e. The fourth-order valence-electron chi connectivity index (χ4n) is 4.86. The Labute approximate surface area is 170 Å². The van der Waals surface area contributed by atoms with E-state index < -0.39 is 0 Å². The number of carbonyl (C=O) groups is 1. The molecule has 2 saturated heterocycles. The summed E-state index contributed by atoms with van der Waals surface area (Å²) in [6.07, 6.45) is 11.6. The zero-order valence-electron chi connectivity index (χ0n) is 17.0. The lowest BCUT2D eigenvalue weighted by Crippen LogP contribution is -2.43. The van der Waals surface area contributed by atoms with E-state index in [1.54, 1.807) is 10.9 Å². The van der Waals surface area contributed by atoms with Crippen molar-refractivity contribution < 1.29 is 13.9 Å². The molecule has 0 aromatic carbocycles. The van der Waals surface area contributed by atoms with E-state index in [4.69, 9.17) is 14.1 Å². The van der Waals surface area contributed by atoms with Crippen LogP contribution in [0.4, 0.5) is 0 Å². The summed E-state index contributed by atoms with van der Waals surface area (Å²) in [4.78, 5) is 19.8. The fraction of sp³-hybridized carbons (Fsp3) is 0.714. The van der Waals surface area contributed by atoms with Crippen molar-refractivity contribution in [2.45, 2.75) is 70.4 Å². The Balaban J connectivity index is 1.28. The number of hydrogen-bond acceptors (Lipinski definition) is 6. The van der Waals surface area contributed by atoms with Gasteiger partial charge in [0.1, 0.15) is 12.3 Å². The van der Waals surface area contributed by atoms with Crippen LogP contribution in [0.1, 0.15) is 85.9 Å². The minimum absolute atomic E-state index is 0.0812. The molecule has 3 fully saturated rings. The Morgan fingerprint density at radius 2 is 2.03 bits per heavy atom. The predicted molar refractivity (Wildman–Crippen MR) is 104 cm³/mol. The summed E-state index contributed by atoms with van der Waals surface area (Å²) in [5.41, 5.74) is 1.53. The monoisotopic (exact) mass is 399 g/mol. The minimum Gasteiger partial charge on any atom is -0.446 e. The van der Waals surface area contributed by atoms with Gasteiger partial charge in [-0.25, -0.2) is 4.98 Å². The zero-order chi connectivity index (χ0) is 19.8. The molecule has 1 amide bonds. The van der Waals surface area contributed by atoms with Crippen LogP contribution in [0.2, 0.25) is 0 Å². The molecule has 0 spiro atoms. The molecule has 1 saturated carbocycles. The predicted octanol–water partition coefficient (Wildman–Crippen LogP) is 3.33. The number of ether oxygens (including phenoxy) is 1. The number of oxazole rings is 1. The molecule has 3 aliphatic rings. The van der Waals surface area contributed by atoms with E-state index in [2.05, 4.69) is 17.2 Å². The molecule has 5 rings (SSSR count). The highest BCUT2D eigenvalue weighted by molar-refractivity contribution is 5.92. The molecule has 0 N–H and O–H groups in total. The Hall–Kier alpha value is -2.22. The summed E-state index contributed by atoms with van der Waals surface area (Å²) >= 11 is 0. The number of rotatable bonds is 5. The van der Waals surface area contributed by atoms with Crippen LogP contribution in [0.25, 0.3) is 0 Å². The SMILES string of the molecule is CC1(Cn2cc(C(=O)N3CCCC3c3nc(C4CCCCC4)co3)nn2)COC1. The van der Waals surface area contributed by atoms with E-state index in [-0.39, 0.29) is 17.4 Å². The number of amides is 1. The lowest BCUT2D eigenvalue weighted by molar-refractivity contribution is -0.111. The molecule has 0 radical (unpaired) electrons. The first-order chi connectivity index (χ1) is 14.1. The van der Waals surface area contributed by atoms with Crippen LogP contribution in [0, 0.1) is 5.41 Å². The maximum atomic E-state index is 13.1. The van der Waals surface area contributed by atoms with Crippen LogP contribution >= 0.6 is 0 Å². The maximum absolute atomic E-state index is 13.1. The first-order valence-corrected chi connectivity index (χ1v) is 10.9. The van der Waals surface area contributed by atoms with E-state index in [1.165, 1.54) is 32.1 Å². The lowest BCUT2D eigenvalue weighted by Gasteiger charge is -2.37. The van der Waals surface area contributed by atoms with E-state index in [0.717, 1.165) is 31.7 Å². The highest BCUT2D eigenvalue weighted by atomic mass is 16.5. The first kappa shape index (κ1) is 18.8. The quantitative estimate of drug-likeness (QED) is 0.767. The highest BCUT2D eigenvalue weighted by Crippen LogP contribution is 2.36. The van der Waals surface area contributed by atoms with Gasteiger partial charge in [0.05, 0.1) is 31.6 Å². The largest absolute Gasteiger partial charge is 0.446 e. The van der Waals surface area contributed by atoms with Crippen LogP contribution in [-0.4, -0.2) is 50.5 Å². The summed E-state index contributed by atoms with van der Waals surface area (Å²) in [6, 6.07) is -0.109. The molecular formula is C21H29N5O3. The van der Waals surface area contributed by atoms with Gasteiger partial charge in [0.25, 0.3) is 5.91 Å². The second-order valence-electron chi connectivity index (χ2n) is 9.21. The van der Waals surface area contributed by atoms with Gasteiger partial charge in [0, 0.05) is 17.9 Å². The van der Waals surface area contributed by atoms with Crippen molar-refractivity contribution in [1.29, 1.82) is 0 Å². The third-order valence-corrected chi connectivity index (χ3v) is 6.56. The van der Waals surface area contributed by atoms with E-state index in [0.29, 0.717) is 30.6 Å². The second-order valence-corrected chi connectivity index (χ2v) is 9.21. The molecule has 1 unspecified atom stereocenters. The molecule has 1 aliphatic carbocycles. The Kier molecular flexibility index (Phi) is 4.89. The number of likely N-dealkylation sites (tertiary alicyclic amines) is 1. The highest BCUT2D eigenvalue weighted by Gasteiger charge is 2.37. The van der Waals surface area contributed by atoms with Crippen molar-refractivity contribution in [1.82, 2.24) is 24.9 Å². The van der Waals surface area contributed by atoms with E-state index in [1.807, 2.05) is 11.2 Å². The van der Waals surface area contributed by atoms with Crippen LogP contribution in [-0.2, 0) is 11.3 Å². The van der Waals surface area contributed by atoms with Gasteiger partial charge in [0.2, 0.25) is 5.89 Å². The van der Waals surface area contributed by atoms with Crippen LogP contribution in [0.15, 0.2) is 16.9 Å². The van der Waals surface area contributed by atoms with Crippen molar-refractivity contribution in [2.75, 3.05) is 19.8 Å². The first-order valence-electron chi connectivity index (χ1n) is 10.9. The Morgan fingerprint density at radius 3 is 2.79 bits per heavy atom. The normalized spacial score (nSPS) is 24.6. The van der Waals surface area contributed by atoms with E-state index in [9.17, 15) is 4.79 Å². The average molecular weight is 399 g/mol. The third-order valence-electron chi connectivity index (χ3n) is 6.56. The van der Waals surface area contributed by atoms with Crippen molar-refractivity contribution >= 4 is 5.91 Å². The summed E-state index contributed by atoms with van der Waals surface area (Å²) in [5.74, 6) is 1.08. The fourth-order valence-corrected chi connectivity index (χ4v) is 4.86.